The number of ether oxygens (including phenoxy) is 2. The van der Waals surface area contributed by atoms with Gasteiger partial charge in [0.05, 0.1) is 12.7 Å². The maximum absolute atomic E-state index is 13.2. The second-order valence-electron chi connectivity index (χ2n) is 6.83. The molecular weight excluding hydrogens is 384 g/mol. The van der Waals surface area contributed by atoms with Crippen LogP contribution in [-0.2, 0) is 21.4 Å². The molecule has 0 unspecified atom stereocenters. The number of carbonyl (C=O) groups excluding carboxylic acids is 1. The fraction of sp³-hybridized carbons (Fsp3) is 0.474. The lowest BCUT2D eigenvalue weighted by atomic mass is 10.1. The standard InChI is InChI=1S/C19H24N2O6S/c1-13-6-4-5-9-21(13)28(23,24)18-11-15(7-8-17(18)25-3)19(22)26-12-16-10-14(2)27-20-16/h7-8,10-11,13H,4-6,9,12H2,1-3H3/t13-/m0/s1. The molecule has 1 aliphatic heterocycles. The van der Waals surface area contributed by atoms with E-state index in [0.29, 0.717) is 18.0 Å². The van der Waals surface area contributed by atoms with Gasteiger partial charge in [0.25, 0.3) is 0 Å². The molecule has 0 spiro atoms. The summed E-state index contributed by atoms with van der Waals surface area (Å²) in [7, 11) is -2.40. The Labute approximate surface area is 164 Å². The van der Waals surface area contributed by atoms with Crippen molar-refractivity contribution in [1.82, 2.24) is 9.46 Å². The molecule has 1 atom stereocenters. The van der Waals surface area contributed by atoms with Gasteiger partial charge in [0, 0.05) is 18.7 Å². The van der Waals surface area contributed by atoms with E-state index in [1.54, 1.807) is 13.0 Å². The number of aryl methyl sites for hydroxylation is 1. The SMILES string of the molecule is COc1ccc(C(=O)OCc2cc(C)on2)cc1S(=O)(=O)N1CCCC[C@@H]1C. The molecule has 28 heavy (non-hydrogen) atoms. The molecule has 0 amide bonds. The zero-order valence-corrected chi connectivity index (χ0v) is 17.0. The number of rotatable bonds is 6. The van der Waals surface area contributed by atoms with Gasteiger partial charge in [0.1, 0.15) is 28.7 Å². The van der Waals surface area contributed by atoms with Crippen molar-refractivity contribution >= 4 is 16.0 Å². The first kappa shape index (κ1) is 20.3. The molecule has 2 heterocycles. The summed E-state index contributed by atoms with van der Waals surface area (Å²) in [6, 6.07) is 5.82. The lowest BCUT2D eigenvalue weighted by Crippen LogP contribution is -2.42. The van der Waals surface area contributed by atoms with E-state index in [9.17, 15) is 13.2 Å². The molecule has 1 aromatic heterocycles. The summed E-state index contributed by atoms with van der Waals surface area (Å²) in [5.41, 5.74) is 0.610. The second kappa shape index (κ2) is 8.32. The van der Waals surface area contributed by atoms with E-state index in [0.717, 1.165) is 19.3 Å². The highest BCUT2D eigenvalue weighted by atomic mass is 32.2. The first-order valence-corrected chi connectivity index (χ1v) is 10.6. The number of hydrogen-bond donors (Lipinski definition) is 0. The van der Waals surface area contributed by atoms with Crippen molar-refractivity contribution in [3.8, 4) is 5.75 Å². The molecule has 8 nitrogen and oxygen atoms in total. The van der Waals surface area contributed by atoms with Crippen molar-refractivity contribution < 1.29 is 27.2 Å². The fourth-order valence-electron chi connectivity index (χ4n) is 3.27. The molecule has 2 aromatic rings. The molecule has 1 aromatic carbocycles. The summed E-state index contributed by atoms with van der Waals surface area (Å²) in [6.07, 6.45) is 2.61. The summed E-state index contributed by atoms with van der Waals surface area (Å²) >= 11 is 0. The highest BCUT2D eigenvalue weighted by molar-refractivity contribution is 7.89. The van der Waals surface area contributed by atoms with Gasteiger partial charge in [-0.05, 0) is 44.9 Å². The molecule has 0 N–H and O–H groups in total. The number of methoxy groups -OCH3 is 1. The zero-order chi connectivity index (χ0) is 20.3. The molecule has 0 bridgehead atoms. The number of aromatic nitrogens is 1. The van der Waals surface area contributed by atoms with Crippen molar-refractivity contribution in [2.75, 3.05) is 13.7 Å². The largest absolute Gasteiger partial charge is 0.495 e. The number of benzene rings is 1. The van der Waals surface area contributed by atoms with E-state index >= 15 is 0 Å². The van der Waals surface area contributed by atoms with Gasteiger partial charge < -0.3 is 14.0 Å². The summed E-state index contributed by atoms with van der Waals surface area (Å²) in [6.45, 7) is 4.02. The van der Waals surface area contributed by atoms with Crippen LogP contribution in [0.4, 0.5) is 0 Å². The van der Waals surface area contributed by atoms with Gasteiger partial charge in [0.2, 0.25) is 10.0 Å². The smallest absolute Gasteiger partial charge is 0.338 e. The fourth-order valence-corrected chi connectivity index (χ4v) is 5.15. The third-order valence-corrected chi connectivity index (χ3v) is 6.79. The summed E-state index contributed by atoms with van der Waals surface area (Å²) in [5.74, 6) is 0.160. The van der Waals surface area contributed by atoms with E-state index < -0.39 is 16.0 Å². The highest BCUT2D eigenvalue weighted by Crippen LogP contribution is 2.31. The first-order valence-electron chi connectivity index (χ1n) is 9.12. The second-order valence-corrected chi connectivity index (χ2v) is 8.69. The van der Waals surface area contributed by atoms with Gasteiger partial charge in [-0.1, -0.05) is 11.6 Å². The predicted molar refractivity (Wildman–Crippen MR) is 101 cm³/mol. The number of piperidine rings is 1. The molecule has 1 saturated heterocycles. The number of hydrogen-bond acceptors (Lipinski definition) is 7. The van der Waals surface area contributed by atoms with Crippen molar-refractivity contribution in [3.63, 3.8) is 0 Å². The van der Waals surface area contributed by atoms with Crippen molar-refractivity contribution in [1.29, 1.82) is 0 Å². The van der Waals surface area contributed by atoms with Crippen LogP contribution in [0.3, 0.4) is 0 Å². The van der Waals surface area contributed by atoms with Crippen LogP contribution in [0.25, 0.3) is 0 Å². The van der Waals surface area contributed by atoms with Crippen molar-refractivity contribution in [2.24, 2.45) is 0 Å². The van der Waals surface area contributed by atoms with Crippen LogP contribution in [0.15, 0.2) is 33.7 Å². The van der Waals surface area contributed by atoms with Crippen LogP contribution in [-0.4, -0.2) is 43.5 Å². The number of esters is 1. The Kier molecular flexibility index (Phi) is 6.04. The van der Waals surface area contributed by atoms with E-state index in [1.807, 2.05) is 6.92 Å². The van der Waals surface area contributed by atoms with E-state index in [4.69, 9.17) is 14.0 Å². The number of carbonyl (C=O) groups is 1. The van der Waals surface area contributed by atoms with Crippen molar-refractivity contribution in [2.45, 2.75) is 50.7 Å². The average Bonchev–Trinajstić information content (AvgIpc) is 3.11. The molecule has 152 valence electrons. The Morgan fingerprint density at radius 2 is 2.11 bits per heavy atom. The molecule has 1 aliphatic rings. The van der Waals surface area contributed by atoms with Crippen molar-refractivity contribution in [3.05, 3.63) is 41.3 Å². The molecule has 1 fully saturated rings. The minimum atomic E-state index is -3.80. The third kappa shape index (κ3) is 4.20. The molecule has 0 saturated carbocycles. The summed E-state index contributed by atoms with van der Waals surface area (Å²) in [5, 5.41) is 3.76. The van der Waals surface area contributed by atoms with Crippen LogP contribution in [0.1, 0.15) is 48.0 Å². The average molecular weight is 408 g/mol. The Morgan fingerprint density at radius 1 is 1.32 bits per heavy atom. The van der Waals surface area contributed by atoms with Gasteiger partial charge >= 0.3 is 5.97 Å². The van der Waals surface area contributed by atoms with Gasteiger partial charge in [0.15, 0.2) is 0 Å². The molecular formula is C19H24N2O6S. The topological polar surface area (TPSA) is 98.9 Å². The van der Waals surface area contributed by atoms with Gasteiger partial charge in [-0.3, -0.25) is 0 Å². The Balaban J connectivity index is 1.85. The normalized spacial score (nSPS) is 18.0. The Hall–Kier alpha value is -2.39. The van der Waals surface area contributed by atoms with E-state index in [2.05, 4.69) is 5.16 Å². The number of nitrogens with zero attached hydrogens (tertiary/aromatic N) is 2. The van der Waals surface area contributed by atoms with E-state index in [1.165, 1.54) is 29.6 Å². The molecule has 9 heteroatoms. The molecule has 3 rings (SSSR count). The monoisotopic (exact) mass is 408 g/mol. The Morgan fingerprint density at radius 3 is 2.75 bits per heavy atom. The quantitative estimate of drug-likeness (QED) is 0.678. The summed E-state index contributed by atoms with van der Waals surface area (Å²) in [4.78, 5) is 12.4. The zero-order valence-electron chi connectivity index (χ0n) is 16.2. The van der Waals surface area contributed by atoms with Crippen LogP contribution < -0.4 is 4.74 Å². The molecule has 0 radical (unpaired) electrons. The van der Waals surface area contributed by atoms with Crippen LogP contribution >= 0.6 is 0 Å². The first-order chi connectivity index (χ1) is 13.3. The minimum absolute atomic E-state index is 0.0320. The molecule has 0 aliphatic carbocycles. The summed E-state index contributed by atoms with van der Waals surface area (Å²) < 4.78 is 43.3. The Bertz CT molecular complexity index is 953. The van der Waals surface area contributed by atoms with Crippen LogP contribution in [0.2, 0.25) is 0 Å². The predicted octanol–water partition coefficient (Wildman–Crippen LogP) is 2.91. The third-order valence-electron chi connectivity index (χ3n) is 4.76. The highest BCUT2D eigenvalue weighted by Gasteiger charge is 2.33. The maximum Gasteiger partial charge on any atom is 0.338 e. The van der Waals surface area contributed by atoms with Crippen LogP contribution in [0, 0.1) is 6.92 Å². The minimum Gasteiger partial charge on any atom is -0.495 e. The van der Waals surface area contributed by atoms with Crippen LogP contribution in [0.5, 0.6) is 5.75 Å². The van der Waals surface area contributed by atoms with E-state index in [-0.39, 0.29) is 28.9 Å². The lowest BCUT2D eigenvalue weighted by Gasteiger charge is -2.32. The maximum atomic E-state index is 13.2. The van der Waals surface area contributed by atoms with Gasteiger partial charge in [-0.15, -0.1) is 0 Å². The lowest BCUT2D eigenvalue weighted by molar-refractivity contribution is 0.0464. The van der Waals surface area contributed by atoms with Gasteiger partial charge in [-0.25, -0.2) is 13.2 Å². The number of sulfonamides is 1. The van der Waals surface area contributed by atoms with Gasteiger partial charge in [-0.2, -0.15) is 4.31 Å².